The molecule has 1 aliphatic heterocycles. The Bertz CT molecular complexity index is 1850. The number of allylic oxidation sites excluding steroid dienone is 1. The van der Waals surface area contributed by atoms with Crippen LogP contribution in [0.15, 0.2) is 92.4 Å². The van der Waals surface area contributed by atoms with Gasteiger partial charge in [-0.15, -0.1) is 0 Å². The molecule has 5 rings (SSSR count). The number of hydrogen-bond donors (Lipinski definition) is 1. The average molecular weight is 619 g/mol. The predicted molar refractivity (Wildman–Crippen MR) is 161 cm³/mol. The maximum absolute atomic E-state index is 13.8. The number of benzene rings is 2. The Balaban J connectivity index is 0.00000104. The first-order valence-electron chi connectivity index (χ1n) is 13.4. The highest BCUT2D eigenvalue weighted by atomic mass is 32.1. The molecule has 11 nitrogen and oxygen atoms in total. The first-order chi connectivity index (χ1) is 21.1. The molecular weight excluding hydrogens is 588 g/mol. The normalized spacial score (nSPS) is 14.2. The Hall–Kier alpha value is -5.07. The molecule has 0 fully saturated rings. The van der Waals surface area contributed by atoms with Gasteiger partial charge in [0.2, 0.25) is 5.76 Å². The van der Waals surface area contributed by atoms with Crippen molar-refractivity contribution >= 4 is 35.3 Å². The number of aromatic nitrogens is 1. The molecule has 0 amide bonds. The zero-order valence-corrected chi connectivity index (χ0v) is 25.3. The van der Waals surface area contributed by atoms with Crippen LogP contribution in [-0.2, 0) is 19.1 Å². The summed E-state index contributed by atoms with van der Waals surface area (Å²) in [6.45, 7) is 5.08. The number of thiazole rings is 1. The van der Waals surface area contributed by atoms with Crippen molar-refractivity contribution in [2.75, 3.05) is 20.3 Å². The molecule has 228 valence electrons. The predicted octanol–water partition coefficient (Wildman–Crippen LogP) is 3.64. The molecule has 3 heterocycles. The van der Waals surface area contributed by atoms with Gasteiger partial charge >= 0.3 is 11.9 Å². The maximum atomic E-state index is 13.8. The lowest BCUT2D eigenvalue weighted by Gasteiger charge is -2.25. The smallest absolute Gasteiger partial charge is 0.379 e. The molecule has 12 heteroatoms. The molecule has 1 N–H and O–H groups in total. The van der Waals surface area contributed by atoms with Crippen LogP contribution in [0.3, 0.4) is 0 Å². The molecule has 0 aliphatic carbocycles. The second-order valence-electron chi connectivity index (χ2n) is 9.58. The third-order valence-electron chi connectivity index (χ3n) is 6.27. The van der Waals surface area contributed by atoms with E-state index in [4.69, 9.17) is 28.5 Å². The Kier molecular flexibility index (Phi) is 10.4. The minimum atomic E-state index is -0.833. The summed E-state index contributed by atoms with van der Waals surface area (Å²) < 4.78 is 22.9. The highest BCUT2D eigenvalue weighted by Crippen LogP contribution is 2.31. The summed E-state index contributed by atoms with van der Waals surface area (Å²) >= 11 is 1.25. The molecule has 1 atom stereocenters. The topological polar surface area (TPSA) is 147 Å². The van der Waals surface area contributed by atoms with Crippen molar-refractivity contribution in [3.05, 3.63) is 120 Å². The van der Waals surface area contributed by atoms with Crippen molar-refractivity contribution in [2.24, 2.45) is 4.99 Å². The van der Waals surface area contributed by atoms with Gasteiger partial charge in [-0.25, -0.2) is 14.6 Å². The van der Waals surface area contributed by atoms with Crippen LogP contribution in [0.4, 0.5) is 0 Å². The fourth-order valence-electron chi connectivity index (χ4n) is 4.28. The lowest BCUT2D eigenvalue weighted by molar-refractivity contribution is -0.141. The van der Waals surface area contributed by atoms with Crippen LogP contribution in [0.5, 0.6) is 5.75 Å². The number of fused-ring (bicyclic) bond motifs is 1. The number of carboxylic acids is 1. The minimum Gasteiger partial charge on any atom is -0.481 e. The molecular formula is C32H30N2O9S. The van der Waals surface area contributed by atoms with Crippen molar-refractivity contribution in [2.45, 2.75) is 26.8 Å². The van der Waals surface area contributed by atoms with E-state index in [1.807, 2.05) is 37.3 Å². The number of carboxylic acid groups (broad SMARTS) is 1. The number of carbonyl (C=O) groups excluding carboxylic acids is 2. The number of esters is 2. The average Bonchev–Trinajstić information content (AvgIpc) is 3.63. The summed E-state index contributed by atoms with van der Waals surface area (Å²) in [5.41, 5.74) is 3.02. The first kappa shape index (κ1) is 31.9. The van der Waals surface area contributed by atoms with Gasteiger partial charge in [0.1, 0.15) is 12.4 Å². The lowest BCUT2D eigenvalue weighted by Crippen LogP contribution is -2.40. The van der Waals surface area contributed by atoms with Crippen LogP contribution < -0.4 is 19.6 Å². The molecule has 2 aromatic heterocycles. The highest BCUT2D eigenvalue weighted by molar-refractivity contribution is 7.07. The van der Waals surface area contributed by atoms with E-state index < -0.39 is 23.9 Å². The molecule has 1 unspecified atom stereocenters. The quantitative estimate of drug-likeness (QED) is 0.178. The number of nitrogens with zero attached hydrogens (tertiary/aromatic N) is 2. The van der Waals surface area contributed by atoms with Crippen molar-refractivity contribution in [3.8, 4) is 5.75 Å². The zero-order valence-electron chi connectivity index (χ0n) is 24.4. The molecule has 0 bridgehead atoms. The van der Waals surface area contributed by atoms with Crippen LogP contribution in [0.25, 0.3) is 6.08 Å². The van der Waals surface area contributed by atoms with Gasteiger partial charge in [-0.05, 0) is 55.3 Å². The number of furan rings is 1. The molecule has 2 aromatic carbocycles. The van der Waals surface area contributed by atoms with E-state index in [1.165, 1.54) is 35.3 Å². The van der Waals surface area contributed by atoms with Crippen molar-refractivity contribution in [3.63, 3.8) is 0 Å². The van der Waals surface area contributed by atoms with E-state index in [1.54, 1.807) is 37.3 Å². The van der Waals surface area contributed by atoms with Gasteiger partial charge in [-0.3, -0.25) is 14.2 Å². The Morgan fingerprint density at radius 2 is 1.70 bits per heavy atom. The lowest BCUT2D eigenvalue weighted by atomic mass is 9.96. The number of ether oxygens (including phenoxy) is 3. The van der Waals surface area contributed by atoms with Gasteiger partial charge in [0.15, 0.2) is 4.80 Å². The van der Waals surface area contributed by atoms with E-state index in [2.05, 4.69) is 4.99 Å². The second-order valence-corrected chi connectivity index (χ2v) is 10.6. The van der Waals surface area contributed by atoms with Crippen LogP contribution in [0, 0.1) is 6.92 Å². The monoisotopic (exact) mass is 618 g/mol. The highest BCUT2D eigenvalue weighted by Gasteiger charge is 2.33. The Morgan fingerprint density at radius 1 is 1.02 bits per heavy atom. The SMILES string of the molecule is CC(=O)O.COCCOC(=O)C1=C(C)N=c2sc(=Cc3ccc(C)cc3)c(=O)n2C1c1ccc(OC(=O)c2ccco2)cc1. The summed E-state index contributed by atoms with van der Waals surface area (Å²) in [6.07, 6.45) is 3.20. The van der Waals surface area contributed by atoms with E-state index >= 15 is 0 Å². The van der Waals surface area contributed by atoms with Crippen LogP contribution >= 0.6 is 11.3 Å². The maximum Gasteiger partial charge on any atom is 0.379 e. The Morgan fingerprint density at radius 3 is 2.32 bits per heavy atom. The summed E-state index contributed by atoms with van der Waals surface area (Å²) in [6, 6.07) is 16.7. The van der Waals surface area contributed by atoms with Crippen molar-refractivity contribution < 1.29 is 38.1 Å². The van der Waals surface area contributed by atoms with Gasteiger partial charge in [0, 0.05) is 14.0 Å². The standard InChI is InChI=1S/C30H26N2O7S.C2H4O2/c1-18-6-8-20(9-7-18)17-24-27(33)32-26(25(19(2)31-30(32)40-24)29(35)38-16-15-36-3)21-10-12-22(13-11-21)39-28(34)23-5-4-14-37-23;1-2(3)4/h4-14,17,26H,15-16H2,1-3H3;1H3,(H,3,4). The minimum absolute atomic E-state index is 0.0539. The molecule has 44 heavy (non-hydrogen) atoms. The fraction of sp³-hybridized carbons (Fsp3) is 0.219. The molecule has 0 saturated carbocycles. The molecule has 0 saturated heterocycles. The van der Waals surface area contributed by atoms with E-state index in [0.717, 1.165) is 18.1 Å². The van der Waals surface area contributed by atoms with Crippen molar-refractivity contribution in [1.29, 1.82) is 0 Å². The van der Waals surface area contributed by atoms with Crippen LogP contribution in [0.2, 0.25) is 0 Å². The summed E-state index contributed by atoms with van der Waals surface area (Å²) in [4.78, 5) is 53.4. The summed E-state index contributed by atoms with van der Waals surface area (Å²) in [5.74, 6) is -1.71. The van der Waals surface area contributed by atoms with E-state index in [0.29, 0.717) is 20.6 Å². The Labute approximate surface area is 256 Å². The van der Waals surface area contributed by atoms with Gasteiger partial charge in [-0.1, -0.05) is 53.3 Å². The largest absolute Gasteiger partial charge is 0.481 e. The summed E-state index contributed by atoms with van der Waals surface area (Å²) in [7, 11) is 1.51. The zero-order chi connectivity index (χ0) is 31.8. The van der Waals surface area contributed by atoms with Gasteiger partial charge in [0.25, 0.3) is 11.5 Å². The molecule has 4 aromatic rings. The molecule has 0 radical (unpaired) electrons. The van der Waals surface area contributed by atoms with E-state index in [-0.39, 0.29) is 35.9 Å². The van der Waals surface area contributed by atoms with Crippen LogP contribution in [0.1, 0.15) is 47.1 Å². The fourth-order valence-corrected chi connectivity index (χ4v) is 5.32. The first-order valence-corrected chi connectivity index (χ1v) is 14.2. The number of methoxy groups -OCH3 is 1. The van der Waals surface area contributed by atoms with Crippen molar-refractivity contribution in [1.82, 2.24) is 4.57 Å². The second kappa shape index (κ2) is 14.4. The molecule has 1 aliphatic rings. The van der Waals surface area contributed by atoms with Gasteiger partial charge < -0.3 is 23.7 Å². The van der Waals surface area contributed by atoms with Gasteiger partial charge in [-0.2, -0.15) is 0 Å². The third kappa shape index (κ3) is 7.65. The number of hydrogen-bond acceptors (Lipinski definition) is 10. The number of aliphatic carboxylic acids is 1. The third-order valence-corrected chi connectivity index (χ3v) is 7.25. The van der Waals surface area contributed by atoms with E-state index in [9.17, 15) is 14.4 Å². The summed E-state index contributed by atoms with van der Waals surface area (Å²) in [5, 5.41) is 7.42. The number of rotatable bonds is 8. The van der Waals surface area contributed by atoms with Gasteiger partial charge in [0.05, 0.1) is 34.7 Å². The number of aryl methyl sites for hydroxylation is 1. The molecule has 0 spiro atoms. The van der Waals surface area contributed by atoms with Crippen LogP contribution in [-0.4, -0.2) is 47.9 Å². The number of carbonyl (C=O) groups is 3.